The Hall–Kier alpha value is -0.180. The van der Waals surface area contributed by atoms with Gasteiger partial charge in [0.1, 0.15) is 6.29 Å². The minimum atomic E-state index is -0.361. The first-order chi connectivity index (χ1) is 6.54. The minimum Gasteiger partial charge on any atom is -0.424 e. The summed E-state index contributed by atoms with van der Waals surface area (Å²) in [5, 5.41) is 0. The van der Waals surface area contributed by atoms with Crippen LogP contribution in [-0.2, 0) is 4.79 Å². The van der Waals surface area contributed by atoms with E-state index in [0.717, 1.165) is 13.4 Å². The van der Waals surface area contributed by atoms with E-state index in [2.05, 4.69) is 0 Å². The van der Waals surface area contributed by atoms with Gasteiger partial charge in [-0.2, -0.15) is 0 Å². The van der Waals surface area contributed by atoms with Crippen LogP contribution in [0.1, 0.15) is 17.3 Å². The van der Waals surface area contributed by atoms with Gasteiger partial charge < -0.3 is 4.74 Å². The van der Waals surface area contributed by atoms with E-state index in [4.69, 9.17) is 4.74 Å². The Morgan fingerprint density at radius 1 is 1.36 bits per heavy atom. The van der Waals surface area contributed by atoms with Crippen LogP contribution in [0.3, 0.4) is 0 Å². The summed E-state index contributed by atoms with van der Waals surface area (Å²) in [5.41, 5.74) is 0.578. The van der Waals surface area contributed by atoms with Crippen molar-refractivity contribution in [1.82, 2.24) is 0 Å². The molecule has 0 aliphatic carbocycles. The van der Waals surface area contributed by atoms with E-state index < -0.39 is 0 Å². The fraction of sp³-hybridized carbons (Fsp3) is 0.111. The monoisotopic (exact) mass is 416 g/mol. The van der Waals surface area contributed by atoms with E-state index in [-0.39, 0.29) is 5.97 Å². The zero-order valence-electron chi connectivity index (χ0n) is 7.21. The summed E-state index contributed by atoms with van der Waals surface area (Å²) in [4.78, 5) is 21.3. The molecule has 0 aliphatic rings. The Balaban J connectivity index is 3.17. The second-order valence-electron chi connectivity index (χ2n) is 2.53. The first kappa shape index (κ1) is 11.9. The minimum absolute atomic E-state index is 0.361. The first-order valence-electron chi connectivity index (χ1n) is 3.67. The molecular weight excluding hydrogens is 410 g/mol. The van der Waals surface area contributed by atoms with Gasteiger partial charge in [-0.1, -0.05) is 0 Å². The quantitative estimate of drug-likeness (QED) is 0.323. The smallest absolute Gasteiger partial charge is 0.308 e. The fourth-order valence-electron chi connectivity index (χ4n) is 0.889. The molecule has 0 heterocycles. The molecule has 0 spiro atoms. The van der Waals surface area contributed by atoms with Crippen molar-refractivity contribution in [3.05, 3.63) is 24.8 Å². The second kappa shape index (κ2) is 5.06. The van der Waals surface area contributed by atoms with Crippen LogP contribution >= 0.6 is 45.2 Å². The van der Waals surface area contributed by atoms with Gasteiger partial charge in [-0.3, -0.25) is 9.59 Å². The van der Waals surface area contributed by atoms with Crippen molar-refractivity contribution < 1.29 is 14.3 Å². The molecular formula is C9H6I2O3. The second-order valence-corrected chi connectivity index (χ2v) is 4.85. The van der Waals surface area contributed by atoms with Crippen LogP contribution in [0.5, 0.6) is 5.75 Å². The largest absolute Gasteiger partial charge is 0.424 e. The van der Waals surface area contributed by atoms with E-state index in [0.29, 0.717) is 11.3 Å². The van der Waals surface area contributed by atoms with E-state index in [9.17, 15) is 9.59 Å². The van der Waals surface area contributed by atoms with Gasteiger partial charge in [0.25, 0.3) is 0 Å². The third-order valence-electron chi connectivity index (χ3n) is 1.40. The highest BCUT2D eigenvalue weighted by molar-refractivity contribution is 14.1. The predicted molar refractivity (Wildman–Crippen MR) is 68.6 cm³/mol. The molecule has 1 aromatic carbocycles. The van der Waals surface area contributed by atoms with E-state index in [1.807, 2.05) is 45.2 Å². The van der Waals surface area contributed by atoms with Crippen molar-refractivity contribution >= 4 is 57.4 Å². The van der Waals surface area contributed by atoms with Crippen molar-refractivity contribution in [2.45, 2.75) is 6.92 Å². The topological polar surface area (TPSA) is 43.4 Å². The number of rotatable bonds is 2. The van der Waals surface area contributed by atoms with Crippen LogP contribution in [-0.4, -0.2) is 12.3 Å². The van der Waals surface area contributed by atoms with Crippen LogP contribution in [0.15, 0.2) is 12.1 Å². The summed E-state index contributed by atoms with van der Waals surface area (Å²) < 4.78 is 6.52. The number of esters is 1. The molecule has 0 atom stereocenters. The molecule has 0 radical (unpaired) electrons. The van der Waals surface area contributed by atoms with Gasteiger partial charge in [-0.05, 0) is 57.3 Å². The summed E-state index contributed by atoms with van der Waals surface area (Å²) in [5.74, 6) is 0.156. The van der Waals surface area contributed by atoms with Crippen molar-refractivity contribution in [3.63, 3.8) is 0 Å². The Morgan fingerprint density at radius 3 is 2.21 bits per heavy atom. The number of halogens is 2. The van der Waals surface area contributed by atoms with Crippen molar-refractivity contribution in [1.29, 1.82) is 0 Å². The number of carbonyl (C=O) groups is 2. The van der Waals surface area contributed by atoms with Crippen molar-refractivity contribution in [2.75, 3.05) is 0 Å². The van der Waals surface area contributed by atoms with E-state index in [1.54, 1.807) is 12.1 Å². The fourth-order valence-corrected chi connectivity index (χ4v) is 2.93. The Bertz CT molecular complexity index is 365. The van der Waals surface area contributed by atoms with Gasteiger partial charge >= 0.3 is 5.97 Å². The maximum absolute atomic E-state index is 10.8. The lowest BCUT2D eigenvalue weighted by atomic mass is 10.2. The molecule has 0 N–H and O–H groups in total. The number of carbonyl (C=O) groups excluding carboxylic acids is 2. The van der Waals surface area contributed by atoms with Gasteiger partial charge in [0.2, 0.25) is 0 Å². The van der Waals surface area contributed by atoms with Gasteiger partial charge in [0, 0.05) is 12.5 Å². The predicted octanol–water partition coefficient (Wildman–Crippen LogP) is 2.63. The lowest BCUT2D eigenvalue weighted by molar-refractivity contribution is -0.132. The molecule has 0 aromatic heterocycles. The molecule has 1 aromatic rings. The van der Waals surface area contributed by atoms with Crippen LogP contribution in [0.25, 0.3) is 0 Å². The molecule has 0 amide bonds. The normalized spacial score (nSPS) is 9.64. The summed E-state index contributed by atoms with van der Waals surface area (Å²) >= 11 is 4.05. The molecule has 0 unspecified atom stereocenters. The number of benzene rings is 1. The molecule has 0 saturated carbocycles. The highest BCUT2D eigenvalue weighted by atomic mass is 127. The third kappa shape index (κ3) is 2.91. The number of ether oxygens (including phenoxy) is 1. The zero-order valence-corrected chi connectivity index (χ0v) is 11.5. The molecule has 0 fully saturated rings. The number of hydrogen-bond donors (Lipinski definition) is 0. The molecule has 0 bridgehead atoms. The lowest BCUT2D eigenvalue weighted by Gasteiger charge is -2.07. The van der Waals surface area contributed by atoms with Crippen molar-refractivity contribution in [2.24, 2.45) is 0 Å². The van der Waals surface area contributed by atoms with Crippen LogP contribution in [0, 0.1) is 7.14 Å². The SMILES string of the molecule is CC(=O)Oc1c(I)cc(C=O)cc1I. The first-order valence-corrected chi connectivity index (χ1v) is 5.83. The summed E-state index contributed by atoms with van der Waals surface area (Å²) in [6, 6.07) is 3.35. The molecule has 1 rings (SSSR count). The maximum Gasteiger partial charge on any atom is 0.308 e. The summed E-state index contributed by atoms with van der Waals surface area (Å²) in [6.07, 6.45) is 0.766. The molecule has 0 saturated heterocycles. The van der Waals surface area contributed by atoms with Gasteiger partial charge in [0.15, 0.2) is 5.75 Å². The van der Waals surface area contributed by atoms with Gasteiger partial charge in [-0.25, -0.2) is 0 Å². The Labute approximate surface area is 108 Å². The van der Waals surface area contributed by atoms with E-state index >= 15 is 0 Å². The molecule has 0 aliphatic heterocycles. The van der Waals surface area contributed by atoms with Crippen LogP contribution in [0.2, 0.25) is 0 Å². The molecule has 74 valence electrons. The van der Waals surface area contributed by atoms with Crippen LogP contribution in [0.4, 0.5) is 0 Å². The van der Waals surface area contributed by atoms with Gasteiger partial charge in [-0.15, -0.1) is 0 Å². The Kier molecular flexibility index (Phi) is 4.30. The number of aldehydes is 1. The average Bonchev–Trinajstić information content (AvgIpc) is 2.10. The van der Waals surface area contributed by atoms with E-state index in [1.165, 1.54) is 6.92 Å². The highest BCUT2D eigenvalue weighted by Crippen LogP contribution is 2.28. The molecule has 3 nitrogen and oxygen atoms in total. The number of hydrogen-bond acceptors (Lipinski definition) is 3. The third-order valence-corrected chi connectivity index (χ3v) is 3.01. The Morgan fingerprint density at radius 2 is 1.86 bits per heavy atom. The average molecular weight is 416 g/mol. The van der Waals surface area contributed by atoms with Crippen LogP contribution < -0.4 is 4.74 Å². The zero-order chi connectivity index (χ0) is 10.7. The molecule has 14 heavy (non-hydrogen) atoms. The lowest BCUT2D eigenvalue weighted by Crippen LogP contribution is -2.05. The highest BCUT2D eigenvalue weighted by Gasteiger charge is 2.10. The molecule has 5 heteroatoms. The standard InChI is InChI=1S/C9H6I2O3/c1-5(13)14-9-7(10)2-6(4-12)3-8(9)11/h2-4H,1H3. The summed E-state index contributed by atoms with van der Waals surface area (Å²) in [7, 11) is 0. The summed E-state index contributed by atoms with van der Waals surface area (Å²) in [6.45, 7) is 1.35. The van der Waals surface area contributed by atoms with Gasteiger partial charge in [0.05, 0.1) is 7.14 Å². The van der Waals surface area contributed by atoms with Crippen molar-refractivity contribution in [3.8, 4) is 5.75 Å². The maximum atomic E-state index is 10.8.